The van der Waals surface area contributed by atoms with Gasteiger partial charge < -0.3 is 10.2 Å². The van der Waals surface area contributed by atoms with E-state index in [4.69, 9.17) is 0 Å². The van der Waals surface area contributed by atoms with Crippen LogP contribution in [-0.2, 0) is 18.3 Å². The van der Waals surface area contributed by atoms with Gasteiger partial charge in [-0.3, -0.25) is 5.32 Å². The number of anilines is 1. The largest absolute Gasteiger partial charge is 0.358 e. The summed E-state index contributed by atoms with van der Waals surface area (Å²) < 4.78 is 2.35. The zero-order chi connectivity index (χ0) is 22.6. The minimum absolute atomic E-state index is 0.127. The van der Waals surface area contributed by atoms with Crippen LogP contribution < -0.4 is 10.6 Å². The summed E-state index contributed by atoms with van der Waals surface area (Å²) in [4.78, 5) is 2.66. The van der Waals surface area contributed by atoms with Gasteiger partial charge in [0, 0.05) is 28.8 Å². The molecule has 0 radical (unpaired) electrons. The summed E-state index contributed by atoms with van der Waals surface area (Å²) in [6.07, 6.45) is 5.84. The van der Waals surface area contributed by atoms with Crippen molar-refractivity contribution in [2.45, 2.75) is 44.4 Å². The van der Waals surface area contributed by atoms with Crippen LogP contribution in [0.4, 0.5) is 5.69 Å². The quantitative estimate of drug-likeness (QED) is 0.695. The van der Waals surface area contributed by atoms with Crippen molar-refractivity contribution >= 4 is 11.4 Å². The second kappa shape index (κ2) is 7.88. The third kappa shape index (κ3) is 3.43. The molecular formula is C29H35N4+. The van der Waals surface area contributed by atoms with Crippen molar-refractivity contribution in [1.29, 1.82) is 0 Å². The summed E-state index contributed by atoms with van der Waals surface area (Å²) in [5.41, 5.74) is 11.2. The SMILES string of the molecule is C=C1NCC2=[N+]1CCc1cc(CCCN3CCC4(CC3)C(=C)Nc3ccc(C)cc34)ccc12. The Balaban J connectivity index is 1.06. The molecule has 2 aromatic carbocycles. The molecule has 0 aromatic heterocycles. The number of rotatable bonds is 4. The van der Waals surface area contributed by atoms with Crippen molar-refractivity contribution < 1.29 is 4.58 Å². The number of nitrogens with one attached hydrogen (secondary N) is 2. The lowest BCUT2D eigenvalue weighted by Gasteiger charge is -2.40. The monoisotopic (exact) mass is 439 g/mol. The standard InChI is InChI=1S/C29H35N4/c1-20-6-9-27-26(17-20)29(21(2)31-27)11-15-32(16-12-29)13-4-5-23-7-8-25-24(18-23)10-14-33-22(3)30-19-28(25)33/h6-9,17-18,30-31H,2-5,10-16,19H2,1H3/q+1. The number of aryl methyl sites for hydroxylation is 2. The molecule has 0 atom stereocenters. The van der Waals surface area contributed by atoms with Crippen LogP contribution in [0.1, 0.15) is 47.1 Å². The number of hydrogen-bond donors (Lipinski definition) is 2. The normalized spacial score (nSPS) is 21.0. The first kappa shape index (κ1) is 20.7. The van der Waals surface area contributed by atoms with Crippen LogP contribution in [-0.4, -0.2) is 47.9 Å². The van der Waals surface area contributed by atoms with Crippen LogP contribution in [0.15, 0.2) is 61.1 Å². The fraction of sp³-hybridized carbons (Fsp3) is 0.414. The van der Waals surface area contributed by atoms with Gasteiger partial charge in [-0.25, -0.2) is 4.58 Å². The van der Waals surface area contributed by atoms with Crippen LogP contribution >= 0.6 is 0 Å². The lowest BCUT2D eigenvalue weighted by molar-refractivity contribution is -0.475. The molecular weight excluding hydrogens is 404 g/mol. The highest BCUT2D eigenvalue weighted by Crippen LogP contribution is 2.49. The number of likely N-dealkylation sites (tertiary alicyclic amines) is 1. The highest BCUT2D eigenvalue weighted by atomic mass is 15.2. The highest BCUT2D eigenvalue weighted by Gasteiger charge is 2.44. The van der Waals surface area contributed by atoms with Crippen LogP contribution in [0.5, 0.6) is 0 Å². The number of nitrogens with zero attached hydrogens (tertiary/aromatic N) is 2. The Morgan fingerprint density at radius 1 is 1.09 bits per heavy atom. The highest BCUT2D eigenvalue weighted by molar-refractivity contribution is 6.01. The molecule has 0 unspecified atom stereocenters. The van der Waals surface area contributed by atoms with Crippen molar-refractivity contribution in [3.63, 3.8) is 0 Å². The molecule has 4 aliphatic rings. The molecule has 1 spiro atoms. The number of fused-ring (bicyclic) bond motifs is 4. The van der Waals surface area contributed by atoms with Crippen molar-refractivity contribution in [1.82, 2.24) is 10.2 Å². The van der Waals surface area contributed by atoms with E-state index in [1.807, 2.05) is 0 Å². The van der Waals surface area contributed by atoms with Gasteiger partial charge in [-0.1, -0.05) is 42.5 Å². The smallest absolute Gasteiger partial charge is 0.267 e. The summed E-state index contributed by atoms with van der Waals surface area (Å²) in [7, 11) is 0. The molecule has 2 N–H and O–H groups in total. The lowest BCUT2D eigenvalue weighted by Crippen LogP contribution is -2.43. The van der Waals surface area contributed by atoms with E-state index in [1.54, 1.807) is 0 Å². The molecule has 0 bridgehead atoms. The Hall–Kier alpha value is -2.85. The van der Waals surface area contributed by atoms with Gasteiger partial charge in [0.15, 0.2) is 5.71 Å². The van der Waals surface area contributed by atoms with Gasteiger partial charge >= 0.3 is 0 Å². The third-order valence-electron chi connectivity index (χ3n) is 8.40. The van der Waals surface area contributed by atoms with Gasteiger partial charge in [-0.2, -0.15) is 0 Å². The predicted octanol–water partition coefficient (Wildman–Crippen LogP) is 4.33. The molecule has 33 heavy (non-hydrogen) atoms. The zero-order valence-corrected chi connectivity index (χ0v) is 19.8. The Morgan fingerprint density at radius 3 is 2.79 bits per heavy atom. The Bertz CT molecular complexity index is 1180. The fourth-order valence-electron chi connectivity index (χ4n) is 6.42. The molecule has 0 saturated carbocycles. The molecule has 170 valence electrons. The molecule has 2 aromatic rings. The lowest BCUT2D eigenvalue weighted by atomic mass is 9.72. The van der Waals surface area contributed by atoms with E-state index in [9.17, 15) is 0 Å². The van der Waals surface area contributed by atoms with Crippen molar-refractivity contribution in [3.05, 3.63) is 88.9 Å². The van der Waals surface area contributed by atoms with Crippen molar-refractivity contribution in [3.8, 4) is 0 Å². The van der Waals surface area contributed by atoms with E-state index in [-0.39, 0.29) is 5.41 Å². The van der Waals surface area contributed by atoms with Crippen LogP contribution in [0.3, 0.4) is 0 Å². The molecule has 4 nitrogen and oxygen atoms in total. The topological polar surface area (TPSA) is 30.3 Å². The van der Waals surface area contributed by atoms with Gasteiger partial charge in [-0.15, -0.1) is 0 Å². The third-order valence-corrected chi connectivity index (χ3v) is 8.40. The first-order valence-electron chi connectivity index (χ1n) is 12.5. The van der Waals surface area contributed by atoms with Crippen LogP contribution in [0.2, 0.25) is 0 Å². The fourth-order valence-corrected chi connectivity index (χ4v) is 6.42. The molecule has 0 amide bonds. The maximum atomic E-state index is 4.42. The summed E-state index contributed by atoms with van der Waals surface area (Å²) in [6, 6.07) is 13.9. The number of allylic oxidation sites excluding steroid dienone is 1. The van der Waals surface area contributed by atoms with E-state index in [2.05, 4.69) is 76.6 Å². The van der Waals surface area contributed by atoms with Crippen LogP contribution in [0, 0.1) is 6.92 Å². The summed E-state index contributed by atoms with van der Waals surface area (Å²) in [6.45, 7) is 16.2. The second-order valence-corrected chi connectivity index (χ2v) is 10.3. The number of hydrogen-bond acceptors (Lipinski definition) is 3. The van der Waals surface area contributed by atoms with Gasteiger partial charge in [0.05, 0.1) is 6.54 Å². The van der Waals surface area contributed by atoms with E-state index in [1.165, 1.54) is 70.7 Å². The molecule has 1 saturated heterocycles. The van der Waals surface area contributed by atoms with E-state index < -0.39 is 0 Å². The maximum Gasteiger partial charge on any atom is 0.267 e. The molecule has 4 aliphatic heterocycles. The molecule has 0 aliphatic carbocycles. The average molecular weight is 440 g/mol. The van der Waals surface area contributed by atoms with E-state index in [0.717, 1.165) is 44.8 Å². The first-order chi connectivity index (χ1) is 16.0. The Morgan fingerprint density at radius 2 is 1.94 bits per heavy atom. The van der Waals surface area contributed by atoms with E-state index in [0.29, 0.717) is 0 Å². The zero-order valence-electron chi connectivity index (χ0n) is 19.8. The molecule has 6 rings (SSSR count). The minimum atomic E-state index is 0.127. The second-order valence-electron chi connectivity index (χ2n) is 10.3. The van der Waals surface area contributed by atoms with Gasteiger partial charge in [0.1, 0.15) is 6.54 Å². The molecule has 4 heterocycles. The van der Waals surface area contributed by atoms with Gasteiger partial charge in [0.2, 0.25) is 0 Å². The minimum Gasteiger partial charge on any atom is -0.358 e. The van der Waals surface area contributed by atoms with Crippen molar-refractivity contribution in [2.75, 3.05) is 38.0 Å². The summed E-state index contributed by atoms with van der Waals surface area (Å²) in [5.74, 6) is 1.05. The number of piperidine rings is 1. The van der Waals surface area contributed by atoms with Gasteiger partial charge in [-0.05, 0) is 81.6 Å². The molecule has 4 heteroatoms. The summed E-state index contributed by atoms with van der Waals surface area (Å²) >= 11 is 0. The van der Waals surface area contributed by atoms with Gasteiger partial charge in [0.25, 0.3) is 5.82 Å². The Kier molecular flexibility index (Phi) is 4.95. The predicted molar refractivity (Wildman–Crippen MR) is 136 cm³/mol. The van der Waals surface area contributed by atoms with Crippen molar-refractivity contribution in [2.24, 2.45) is 0 Å². The average Bonchev–Trinajstić information content (AvgIpc) is 3.33. The van der Waals surface area contributed by atoms with E-state index >= 15 is 0 Å². The maximum absolute atomic E-state index is 4.42. The Labute approximate surface area is 197 Å². The van der Waals surface area contributed by atoms with Crippen LogP contribution in [0.25, 0.3) is 0 Å². The number of benzene rings is 2. The first-order valence-corrected chi connectivity index (χ1v) is 12.5. The molecule has 1 fully saturated rings. The summed E-state index contributed by atoms with van der Waals surface area (Å²) in [5, 5.41) is 6.98.